The maximum absolute atomic E-state index is 13.7. The largest absolute Gasteiger partial charge is 0.492 e. The first-order chi connectivity index (χ1) is 9.73. The molecule has 0 heterocycles. The van der Waals surface area contributed by atoms with Crippen LogP contribution in [-0.4, -0.2) is 30.1 Å². The van der Waals surface area contributed by atoms with E-state index in [2.05, 4.69) is 32.6 Å². The van der Waals surface area contributed by atoms with E-state index < -0.39 is 0 Å². The van der Waals surface area contributed by atoms with Crippen molar-refractivity contribution in [2.45, 2.75) is 59.7 Å². The van der Waals surface area contributed by atoms with E-state index in [4.69, 9.17) is 10.5 Å². The third-order valence-corrected chi connectivity index (χ3v) is 3.72. The van der Waals surface area contributed by atoms with Gasteiger partial charge >= 0.3 is 0 Å². The number of ether oxygens (including phenoxy) is 1. The molecule has 0 aliphatic carbocycles. The molecule has 0 amide bonds. The quantitative estimate of drug-likeness (QED) is 0.834. The molecule has 21 heavy (non-hydrogen) atoms. The fraction of sp³-hybridized carbons (Fsp3) is 0.647. The van der Waals surface area contributed by atoms with Crippen molar-refractivity contribution in [2.24, 2.45) is 5.73 Å². The summed E-state index contributed by atoms with van der Waals surface area (Å²) in [6.07, 6.45) is 0. The summed E-state index contributed by atoms with van der Waals surface area (Å²) in [7, 11) is 0. The summed E-state index contributed by atoms with van der Waals surface area (Å²) in [6, 6.07) is 3.91. The number of aryl methyl sites for hydroxylation is 1. The maximum atomic E-state index is 13.7. The molecule has 1 atom stereocenters. The molecular formula is C17H29FN2O. The fourth-order valence-corrected chi connectivity index (χ4v) is 2.52. The molecule has 0 unspecified atom stereocenters. The van der Waals surface area contributed by atoms with Crippen molar-refractivity contribution in [2.75, 3.05) is 13.2 Å². The summed E-state index contributed by atoms with van der Waals surface area (Å²) >= 11 is 0. The Labute approximate surface area is 128 Å². The van der Waals surface area contributed by atoms with E-state index in [1.54, 1.807) is 13.0 Å². The van der Waals surface area contributed by atoms with Crippen LogP contribution < -0.4 is 10.5 Å². The summed E-state index contributed by atoms with van der Waals surface area (Å²) in [4.78, 5) is 2.36. The van der Waals surface area contributed by atoms with Crippen molar-refractivity contribution in [3.8, 4) is 5.75 Å². The van der Waals surface area contributed by atoms with Gasteiger partial charge in [0.2, 0.25) is 0 Å². The molecule has 3 nitrogen and oxygen atoms in total. The molecule has 0 saturated carbocycles. The van der Waals surface area contributed by atoms with Gasteiger partial charge in [-0.25, -0.2) is 4.39 Å². The molecule has 4 heteroatoms. The van der Waals surface area contributed by atoms with Crippen LogP contribution in [0.4, 0.5) is 4.39 Å². The lowest BCUT2D eigenvalue weighted by molar-refractivity contribution is 0.141. The van der Waals surface area contributed by atoms with E-state index in [0.717, 1.165) is 12.1 Å². The Morgan fingerprint density at radius 1 is 1.14 bits per heavy atom. The minimum Gasteiger partial charge on any atom is -0.492 e. The number of nitrogens with two attached hydrogens (primary N) is 1. The summed E-state index contributed by atoms with van der Waals surface area (Å²) in [5, 5.41) is 0. The number of hydrogen-bond donors (Lipinski definition) is 1. The van der Waals surface area contributed by atoms with Crippen LogP contribution in [0, 0.1) is 12.7 Å². The van der Waals surface area contributed by atoms with Crippen LogP contribution in [0.1, 0.15) is 51.8 Å². The molecule has 0 aliphatic rings. The summed E-state index contributed by atoms with van der Waals surface area (Å²) < 4.78 is 19.5. The lowest BCUT2D eigenvalue weighted by Crippen LogP contribution is -2.39. The highest BCUT2D eigenvalue weighted by Gasteiger charge is 2.15. The first kappa shape index (κ1) is 17.9. The Bertz CT molecular complexity index is 450. The predicted octanol–water partition coefficient (Wildman–Crippen LogP) is 3.65. The van der Waals surface area contributed by atoms with Crippen LogP contribution in [0.3, 0.4) is 0 Å². The second-order valence-corrected chi connectivity index (χ2v) is 6.20. The van der Waals surface area contributed by atoms with E-state index in [1.165, 1.54) is 6.07 Å². The van der Waals surface area contributed by atoms with E-state index in [-0.39, 0.29) is 11.9 Å². The molecular weight excluding hydrogens is 267 g/mol. The van der Waals surface area contributed by atoms with E-state index in [0.29, 0.717) is 30.0 Å². The van der Waals surface area contributed by atoms with Crippen molar-refractivity contribution >= 4 is 0 Å². The number of rotatable bonds is 7. The highest BCUT2D eigenvalue weighted by molar-refractivity contribution is 5.39. The van der Waals surface area contributed by atoms with Crippen LogP contribution in [0.2, 0.25) is 0 Å². The van der Waals surface area contributed by atoms with Crippen molar-refractivity contribution < 1.29 is 9.13 Å². The zero-order chi connectivity index (χ0) is 16.2. The number of halogens is 1. The highest BCUT2D eigenvalue weighted by atomic mass is 19.1. The maximum Gasteiger partial charge on any atom is 0.126 e. The fourth-order valence-electron chi connectivity index (χ4n) is 2.52. The SMILES string of the molecule is Cc1cc(OCCN(C(C)C)C(C)C)c([C@H](C)N)cc1F. The molecule has 2 N–H and O–H groups in total. The lowest BCUT2D eigenvalue weighted by Gasteiger charge is -2.30. The molecule has 0 radical (unpaired) electrons. The topological polar surface area (TPSA) is 38.5 Å². The molecule has 120 valence electrons. The van der Waals surface area contributed by atoms with Gasteiger partial charge in [0.15, 0.2) is 0 Å². The second-order valence-electron chi connectivity index (χ2n) is 6.20. The average Bonchev–Trinajstić information content (AvgIpc) is 2.36. The number of nitrogens with zero attached hydrogens (tertiary/aromatic N) is 1. The van der Waals surface area contributed by atoms with Crippen molar-refractivity contribution in [1.82, 2.24) is 4.90 Å². The van der Waals surface area contributed by atoms with Gasteiger partial charge in [0.1, 0.15) is 18.2 Å². The van der Waals surface area contributed by atoms with E-state index in [9.17, 15) is 4.39 Å². The second kappa shape index (κ2) is 7.76. The minimum atomic E-state index is -0.249. The van der Waals surface area contributed by atoms with Crippen molar-refractivity contribution in [3.05, 3.63) is 29.1 Å². The summed E-state index contributed by atoms with van der Waals surface area (Å²) in [5.74, 6) is 0.456. The highest BCUT2D eigenvalue weighted by Crippen LogP contribution is 2.27. The number of benzene rings is 1. The van der Waals surface area contributed by atoms with Gasteiger partial charge in [-0.2, -0.15) is 0 Å². The van der Waals surface area contributed by atoms with E-state index in [1.807, 2.05) is 6.92 Å². The Kier molecular flexibility index (Phi) is 6.62. The monoisotopic (exact) mass is 296 g/mol. The predicted molar refractivity (Wildman–Crippen MR) is 86.2 cm³/mol. The molecule has 0 saturated heterocycles. The van der Waals surface area contributed by atoms with Gasteiger partial charge in [0, 0.05) is 30.2 Å². The Morgan fingerprint density at radius 2 is 1.71 bits per heavy atom. The third kappa shape index (κ3) is 4.97. The van der Waals surface area contributed by atoms with Gasteiger partial charge in [-0.1, -0.05) is 0 Å². The van der Waals surface area contributed by atoms with Gasteiger partial charge < -0.3 is 10.5 Å². The van der Waals surface area contributed by atoms with E-state index >= 15 is 0 Å². The normalized spacial score (nSPS) is 13.3. The smallest absolute Gasteiger partial charge is 0.126 e. The molecule has 1 aromatic carbocycles. The molecule has 0 aliphatic heterocycles. The Hall–Kier alpha value is -1.13. The molecule has 1 rings (SSSR count). The van der Waals surface area contributed by atoms with Crippen molar-refractivity contribution in [1.29, 1.82) is 0 Å². The Balaban J connectivity index is 2.77. The Morgan fingerprint density at radius 3 is 2.19 bits per heavy atom. The van der Waals surface area contributed by atoms with Gasteiger partial charge in [0.25, 0.3) is 0 Å². The first-order valence-electron chi connectivity index (χ1n) is 7.68. The molecule has 1 aromatic rings. The van der Waals surface area contributed by atoms with Crippen molar-refractivity contribution in [3.63, 3.8) is 0 Å². The standard InChI is InChI=1S/C17H29FN2O/c1-11(2)20(12(3)4)7-8-21-17-9-13(5)16(18)10-15(17)14(6)19/h9-12,14H,7-8,19H2,1-6H3/t14-/m0/s1. The van der Waals surface area contributed by atoms with Crippen LogP contribution in [0.5, 0.6) is 5.75 Å². The van der Waals surface area contributed by atoms with Crippen LogP contribution >= 0.6 is 0 Å². The van der Waals surface area contributed by atoms with Gasteiger partial charge in [-0.3, -0.25) is 4.90 Å². The molecule has 0 bridgehead atoms. The molecule has 0 aromatic heterocycles. The van der Waals surface area contributed by atoms with Crippen LogP contribution in [0.25, 0.3) is 0 Å². The zero-order valence-corrected chi connectivity index (χ0v) is 14.1. The lowest BCUT2D eigenvalue weighted by atomic mass is 10.1. The van der Waals surface area contributed by atoms with Gasteiger partial charge in [0.05, 0.1) is 0 Å². The number of hydrogen-bond acceptors (Lipinski definition) is 3. The minimum absolute atomic E-state index is 0.236. The van der Waals surface area contributed by atoms with Crippen LogP contribution in [0.15, 0.2) is 12.1 Å². The average molecular weight is 296 g/mol. The zero-order valence-electron chi connectivity index (χ0n) is 14.1. The van der Waals surface area contributed by atoms with Crippen LogP contribution in [-0.2, 0) is 0 Å². The summed E-state index contributed by atoms with van der Waals surface area (Å²) in [6.45, 7) is 13.7. The molecule has 0 spiro atoms. The summed E-state index contributed by atoms with van der Waals surface area (Å²) in [5.41, 5.74) is 7.21. The van der Waals surface area contributed by atoms with Gasteiger partial charge in [-0.15, -0.1) is 0 Å². The molecule has 0 fully saturated rings. The first-order valence-corrected chi connectivity index (χ1v) is 7.68. The third-order valence-electron chi connectivity index (χ3n) is 3.72. The van der Waals surface area contributed by atoms with Gasteiger partial charge in [-0.05, 0) is 59.2 Å².